The van der Waals surface area contributed by atoms with Gasteiger partial charge in [-0.3, -0.25) is 15.2 Å². The molecule has 2 aromatic rings. The number of hydrogen-bond acceptors (Lipinski definition) is 4. The van der Waals surface area contributed by atoms with Crippen molar-refractivity contribution in [3.8, 4) is 0 Å². The van der Waals surface area contributed by atoms with Gasteiger partial charge in [-0.2, -0.15) is 13.2 Å². The molecule has 2 rings (SSSR count). The van der Waals surface area contributed by atoms with Crippen molar-refractivity contribution >= 4 is 17.7 Å². The first-order valence-electron chi connectivity index (χ1n) is 6.16. The van der Waals surface area contributed by atoms with Gasteiger partial charge < -0.3 is 0 Å². The molecule has 4 nitrogen and oxygen atoms in total. The summed E-state index contributed by atoms with van der Waals surface area (Å²) in [6.07, 6.45) is -2.91. The van der Waals surface area contributed by atoms with Gasteiger partial charge in [-0.15, -0.1) is 11.8 Å². The van der Waals surface area contributed by atoms with Crippen molar-refractivity contribution in [1.29, 1.82) is 0 Å². The second-order valence-corrected chi connectivity index (χ2v) is 5.39. The number of halogens is 3. The first-order valence-corrected chi connectivity index (χ1v) is 7.14. The van der Waals surface area contributed by atoms with Gasteiger partial charge in [-0.05, 0) is 23.8 Å². The van der Waals surface area contributed by atoms with Crippen LogP contribution in [0.5, 0.6) is 0 Å². The van der Waals surface area contributed by atoms with Gasteiger partial charge in [0.25, 0.3) is 5.91 Å². The van der Waals surface area contributed by atoms with Crippen LogP contribution in [0.3, 0.4) is 0 Å². The molecule has 0 aliphatic rings. The molecule has 0 saturated carbocycles. The van der Waals surface area contributed by atoms with Gasteiger partial charge in [0, 0.05) is 16.8 Å². The van der Waals surface area contributed by atoms with Crippen molar-refractivity contribution in [2.75, 3.05) is 0 Å². The number of alkyl halides is 3. The number of carbonyl (C=O) groups is 1. The number of nitrogens with zero attached hydrogens (tertiary/aromatic N) is 1. The van der Waals surface area contributed by atoms with E-state index in [-0.39, 0.29) is 5.69 Å². The van der Waals surface area contributed by atoms with E-state index in [1.165, 1.54) is 30.1 Å². The Hall–Kier alpha value is -2.06. The zero-order valence-electron chi connectivity index (χ0n) is 11.2. The first-order chi connectivity index (χ1) is 10.4. The summed E-state index contributed by atoms with van der Waals surface area (Å²) in [6.45, 7) is 0. The Balaban J connectivity index is 2.09. The smallest absolute Gasteiger partial charge is 0.289 e. The number of nitrogens with two attached hydrogens (primary N) is 1. The molecule has 1 aromatic heterocycles. The standard InChI is InChI=1S/C14H12F3N3OS/c15-14(16,17)10-3-1-2-9(6-10)8-22-11-4-5-19-12(7-11)13(21)20-18/h1-7H,8,18H2,(H,20,21). The fourth-order valence-electron chi connectivity index (χ4n) is 1.70. The number of amides is 1. The first kappa shape index (κ1) is 16.3. The van der Waals surface area contributed by atoms with Crippen LogP contribution >= 0.6 is 11.8 Å². The van der Waals surface area contributed by atoms with Crippen LogP contribution in [0.1, 0.15) is 21.6 Å². The molecule has 22 heavy (non-hydrogen) atoms. The lowest BCUT2D eigenvalue weighted by Gasteiger charge is -2.09. The molecule has 1 heterocycles. The van der Waals surface area contributed by atoms with Crippen molar-refractivity contribution < 1.29 is 18.0 Å². The zero-order valence-corrected chi connectivity index (χ0v) is 12.0. The minimum Gasteiger partial charge on any atom is -0.289 e. The van der Waals surface area contributed by atoms with Crippen LogP contribution in [0.4, 0.5) is 13.2 Å². The Morgan fingerprint density at radius 2 is 2.05 bits per heavy atom. The molecular weight excluding hydrogens is 315 g/mol. The number of benzene rings is 1. The third-order valence-corrected chi connectivity index (χ3v) is 3.82. The molecule has 0 aliphatic carbocycles. The third kappa shape index (κ3) is 4.22. The summed E-state index contributed by atoms with van der Waals surface area (Å²) in [5.74, 6) is 4.84. The summed E-state index contributed by atoms with van der Waals surface area (Å²) < 4.78 is 37.9. The molecular formula is C14H12F3N3OS. The molecule has 0 radical (unpaired) electrons. The molecule has 8 heteroatoms. The van der Waals surface area contributed by atoms with Crippen molar-refractivity contribution in [3.63, 3.8) is 0 Å². The summed E-state index contributed by atoms with van der Waals surface area (Å²) in [4.78, 5) is 15.9. The predicted molar refractivity (Wildman–Crippen MR) is 76.9 cm³/mol. The minimum atomic E-state index is -4.36. The van der Waals surface area contributed by atoms with Gasteiger partial charge in [0.1, 0.15) is 5.69 Å². The number of hydrogen-bond donors (Lipinski definition) is 2. The van der Waals surface area contributed by atoms with Crippen molar-refractivity contribution in [3.05, 3.63) is 59.4 Å². The van der Waals surface area contributed by atoms with E-state index in [1.807, 2.05) is 5.43 Å². The van der Waals surface area contributed by atoms with Gasteiger partial charge in [-0.1, -0.05) is 18.2 Å². The third-order valence-electron chi connectivity index (χ3n) is 2.75. The summed E-state index contributed by atoms with van der Waals surface area (Å²) >= 11 is 1.31. The van der Waals surface area contributed by atoms with Gasteiger partial charge in [0.15, 0.2) is 0 Å². The number of thioether (sulfide) groups is 1. The summed E-state index contributed by atoms with van der Waals surface area (Å²) in [6, 6.07) is 8.34. The van der Waals surface area contributed by atoms with E-state index in [0.29, 0.717) is 16.2 Å². The summed E-state index contributed by atoms with van der Waals surface area (Å²) in [5, 5.41) is 0. The summed E-state index contributed by atoms with van der Waals surface area (Å²) in [5.41, 5.74) is 1.99. The highest BCUT2D eigenvalue weighted by atomic mass is 32.2. The van der Waals surface area contributed by atoms with Crippen LogP contribution < -0.4 is 11.3 Å². The molecule has 0 fully saturated rings. The lowest BCUT2D eigenvalue weighted by Crippen LogP contribution is -2.30. The lowest BCUT2D eigenvalue weighted by molar-refractivity contribution is -0.137. The molecule has 1 amide bonds. The predicted octanol–water partition coefficient (Wildman–Crippen LogP) is 3.00. The van der Waals surface area contributed by atoms with Crippen molar-refractivity contribution in [2.24, 2.45) is 5.84 Å². The SMILES string of the molecule is NNC(=O)c1cc(SCc2cccc(C(F)(F)F)c2)ccn1. The van der Waals surface area contributed by atoms with Crippen LogP contribution in [-0.2, 0) is 11.9 Å². The average molecular weight is 327 g/mol. The highest BCUT2D eigenvalue weighted by Crippen LogP contribution is 2.31. The van der Waals surface area contributed by atoms with Gasteiger partial charge in [0.2, 0.25) is 0 Å². The molecule has 0 atom stereocenters. The van der Waals surface area contributed by atoms with Crippen LogP contribution in [0.2, 0.25) is 0 Å². The number of nitrogen functional groups attached to an aromatic ring is 1. The fourth-order valence-corrected chi connectivity index (χ4v) is 2.57. The largest absolute Gasteiger partial charge is 0.416 e. The Morgan fingerprint density at radius 1 is 1.27 bits per heavy atom. The number of hydrazine groups is 1. The maximum atomic E-state index is 12.6. The monoisotopic (exact) mass is 327 g/mol. The maximum Gasteiger partial charge on any atom is 0.416 e. The second-order valence-electron chi connectivity index (χ2n) is 4.34. The normalized spacial score (nSPS) is 11.3. The molecule has 0 saturated heterocycles. The van der Waals surface area contributed by atoms with Gasteiger partial charge in [-0.25, -0.2) is 5.84 Å². The van der Waals surface area contributed by atoms with E-state index >= 15 is 0 Å². The second kappa shape index (κ2) is 6.80. The van der Waals surface area contributed by atoms with Gasteiger partial charge in [0.05, 0.1) is 5.56 Å². The average Bonchev–Trinajstić information content (AvgIpc) is 2.52. The lowest BCUT2D eigenvalue weighted by atomic mass is 10.1. The maximum absolute atomic E-state index is 12.6. The Morgan fingerprint density at radius 3 is 2.73 bits per heavy atom. The van der Waals surface area contributed by atoms with Crippen LogP contribution in [-0.4, -0.2) is 10.9 Å². The van der Waals surface area contributed by atoms with Crippen LogP contribution in [0.25, 0.3) is 0 Å². The fraction of sp³-hybridized carbons (Fsp3) is 0.143. The number of pyridine rings is 1. The zero-order chi connectivity index (χ0) is 16.2. The van der Waals surface area contributed by atoms with Crippen LogP contribution in [0, 0.1) is 0 Å². The van der Waals surface area contributed by atoms with E-state index in [2.05, 4.69) is 4.98 Å². The number of carbonyl (C=O) groups excluding carboxylic acids is 1. The van der Waals surface area contributed by atoms with E-state index in [1.54, 1.807) is 12.1 Å². The number of aromatic nitrogens is 1. The number of rotatable bonds is 4. The Labute approximate surface area is 128 Å². The topological polar surface area (TPSA) is 68.0 Å². The number of nitrogens with one attached hydrogen (secondary N) is 1. The van der Waals surface area contributed by atoms with Crippen molar-refractivity contribution in [1.82, 2.24) is 10.4 Å². The molecule has 116 valence electrons. The van der Waals surface area contributed by atoms with E-state index in [0.717, 1.165) is 12.1 Å². The van der Waals surface area contributed by atoms with Crippen LogP contribution in [0.15, 0.2) is 47.5 Å². The Bertz CT molecular complexity index is 676. The Kier molecular flexibility index (Phi) is 5.04. The summed E-state index contributed by atoms with van der Waals surface area (Å²) in [7, 11) is 0. The molecule has 0 unspecified atom stereocenters. The molecule has 0 aliphatic heterocycles. The van der Waals surface area contributed by atoms with E-state index < -0.39 is 17.6 Å². The minimum absolute atomic E-state index is 0.150. The van der Waals surface area contributed by atoms with E-state index in [9.17, 15) is 18.0 Å². The molecule has 0 bridgehead atoms. The van der Waals surface area contributed by atoms with Crippen molar-refractivity contribution in [2.45, 2.75) is 16.8 Å². The quantitative estimate of drug-likeness (QED) is 0.392. The van der Waals surface area contributed by atoms with Gasteiger partial charge >= 0.3 is 6.18 Å². The molecule has 0 spiro atoms. The highest BCUT2D eigenvalue weighted by Gasteiger charge is 2.30. The molecule has 1 aromatic carbocycles. The highest BCUT2D eigenvalue weighted by molar-refractivity contribution is 7.98. The van der Waals surface area contributed by atoms with E-state index in [4.69, 9.17) is 5.84 Å². The molecule has 3 N–H and O–H groups in total.